The van der Waals surface area contributed by atoms with Gasteiger partial charge in [-0.15, -0.1) is 0 Å². The number of benzene rings is 2. The number of hydrogen-bond donors (Lipinski definition) is 9. The van der Waals surface area contributed by atoms with E-state index in [0.29, 0.717) is 30.5 Å². The maximum absolute atomic E-state index is 13.4. The van der Waals surface area contributed by atoms with Crippen LogP contribution in [-0.4, -0.2) is 75.5 Å². The highest BCUT2D eigenvalue weighted by Crippen LogP contribution is 2.14. The van der Waals surface area contributed by atoms with E-state index in [2.05, 4.69) is 28.6 Å². The van der Waals surface area contributed by atoms with Crippen LogP contribution in [0.2, 0.25) is 0 Å². The van der Waals surface area contributed by atoms with Crippen molar-refractivity contribution in [2.24, 2.45) is 11.5 Å². The summed E-state index contributed by atoms with van der Waals surface area (Å²) in [6.45, 7) is 0.370. The molecule has 0 aliphatic rings. The molecule has 0 aliphatic heterocycles. The van der Waals surface area contributed by atoms with Crippen LogP contribution in [-0.2, 0) is 32.0 Å². The van der Waals surface area contributed by atoms with Crippen molar-refractivity contribution in [2.45, 2.75) is 56.3 Å². The zero-order chi connectivity index (χ0) is 29.7. The number of thiol groups is 1. The summed E-state index contributed by atoms with van der Waals surface area (Å²) in [6, 6.07) is 7.75. The van der Waals surface area contributed by atoms with Gasteiger partial charge in [-0.2, -0.15) is 12.6 Å². The van der Waals surface area contributed by atoms with Crippen molar-refractivity contribution < 1.29 is 34.5 Å². The maximum Gasteiger partial charge on any atom is 0.327 e. The van der Waals surface area contributed by atoms with Crippen LogP contribution < -0.4 is 27.4 Å². The number of phenolic OH excluding ortho intramolecular Hbond substituents is 2. The first kappa shape index (κ1) is 32.4. The van der Waals surface area contributed by atoms with E-state index in [-0.39, 0.29) is 36.5 Å². The van der Waals surface area contributed by atoms with E-state index in [4.69, 9.17) is 11.5 Å². The molecule has 4 unspecified atom stereocenters. The lowest BCUT2D eigenvalue weighted by Gasteiger charge is -2.25. The summed E-state index contributed by atoms with van der Waals surface area (Å²) < 4.78 is 0. The molecule has 3 amide bonds. The van der Waals surface area contributed by atoms with E-state index in [1.165, 1.54) is 24.3 Å². The molecule has 0 spiro atoms. The smallest absolute Gasteiger partial charge is 0.327 e. The van der Waals surface area contributed by atoms with Gasteiger partial charge in [0.05, 0.1) is 6.04 Å². The molecule has 0 aliphatic carbocycles. The number of nitrogens with one attached hydrogen (secondary N) is 3. The fourth-order valence-electron chi connectivity index (χ4n) is 3.83. The lowest BCUT2D eigenvalue weighted by molar-refractivity contribution is -0.141. The van der Waals surface area contributed by atoms with Gasteiger partial charge in [0.1, 0.15) is 29.6 Å². The molecule has 2 aromatic rings. The molecule has 12 nitrogen and oxygen atoms in total. The second-order valence-electron chi connectivity index (χ2n) is 9.34. The first-order valence-electron chi connectivity index (χ1n) is 12.8. The molecule has 0 saturated heterocycles. The average Bonchev–Trinajstić information content (AvgIpc) is 2.92. The minimum Gasteiger partial charge on any atom is -0.508 e. The Morgan fingerprint density at radius 2 is 1.20 bits per heavy atom. The van der Waals surface area contributed by atoms with Gasteiger partial charge < -0.3 is 42.7 Å². The van der Waals surface area contributed by atoms with Gasteiger partial charge in [0.25, 0.3) is 0 Å². The number of carboxylic acid groups (broad SMARTS) is 1. The van der Waals surface area contributed by atoms with Crippen LogP contribution >= 0.6 is 12.6 Å². The van der Waals surface area contributed by atoms with Crippen molar-refractivity contribution in [2.75, 3.05) is 12.3 Å². The molecule has 4 atom stereocenters. The number of amides is 3. The molecule has 40 heavy (non-hydrogen) atoms. The highest BCUT2D eigenvalue weighted by atomic mass is 32.1. The van der Waals surface area contributed by atoms with E-state index in [0.717, 1.165) is 0 Å². The molecule has 10 N–H and O–H groups in total. The van der Waals surface area contributed by atoms with Crippen LogP contribution in [0.3, 0.4) is 0 Å². The summed E-state index contributed by atoms with van der Waals surface area (Å²) in [4.78, 5) is 50.7. The molecule has 0 saturated carbocycles. The van der Waals surface area contributed by atoms with Gasteiger partial charge in [-0.3, -0.25) is 14.4 Å². The Morgan fingerprint density at radius 3 is 1.70 bits per heavy atom. The average molecular weight is 576 g/mol. The second-order valence-corrected chi connectivity index (χ2v) is 9.70. The molecule has 0 bridgehead atoms. The third kappa shape index (κ3) is 10.8. The molecule has 2 aromatic carbocycles. The Hall–Kier alpha value is -3.81. The summed E-state index contributed by atoms with van der Waals surface area (Å²) in [7, 11) is 0. The van der Waals surface area contributed by atoms with Gasteiger partial charge in [-0.1, -0.05) is 24.3 Å². The van der Waals surface area contributed by atoms with Gasteiger partial charge in [0, 0.05) is 12.2 Å². The zero-order valence-electron chi connectivity index (χ0n) is 22.0. The molecule has 0 aromatic heterocycles. The predicted molar refractivity (Wildman–Crippen MR) is 152 cm³/mol. The van der Waals surface area contributed by atoms with Gasteiger partial charge in [-0.05, 0) is 67.6 Å². The van der Waals surface area contributed by atoms with E-state index in [9.17, 15) is 34.5 Å². The van der Waals surface area contributed by atoms with Gasteiger partial charge >= 0.3 is 5.97 Å². The maximum atomic E-state index is 13.4. The fraction of sp³-hybridized carbons (Fsp3) is 0.407. The predicted octanol–water partition coefficient (Wildman–Crippen LogP) is -0.192. The Bertz CT molecular complexity index is 1130. The summed E-state index contributed by atoms with van der Waals surface area (Å²) in [5.41, 5.74) is 13.0. The molecule has 0 fully saturated rings. The van der Waals surface area contributed by atoms with Gasteiger partial charge in [0.15, 0.2) is 0 Å². The van der Waals surface area contributed by atoms with Gasteiger partial charge in [-0.25, -0.2) is 4.79 Å². The summed E-state index contributed by atoms with van der Waals surface area (Å²) in [5, 5.41) is 36.0. The Labute approximate surface area is 237 Å². The molecular weight excluding hydrogens is 538 g/mol. The third-order valence-corrected chi connectivity index (χ3v) is 6.48. The van der Waals surface area contributed by atoms with Gasteiger partial charge in [0.2, 0.25) is 17.7 Å². The molecule has 13 heteroatoms. The quantitative estimate of drug-likeness (QED) is 0.0955. The number of aromatic hydroxyl groups is 2. The van der Waals surface area contributed by atoms with Crippen LogP contribution in [0.15, 0.2) is 48.5 Å². The molecule has 0 radical (unpaired) electrons. The molecule has 2 rings (SSSR count). The van der Waals surface area contributed by atoms with E-state index < -0.39 is 47.9 Å². The number of carbonyl (C=O) groups excluding carboxylic acids is 3. The minimum atomic E-state index is -1.27. The largest absolute Gasteiger partial charge is 0.508 e. The van der Waals surface area contributed by atoms with Crippen LogP contribution in [0, 0.1) is 0 Å². The number of aliphatic carboxylic acids is 1. The lowest BCUT2D eigenvalue weighted by Crippen LogP contribution is -2.58. The number of rotatable bonds is 16. The molecule has 218 valence electrons. The Kier molecular flexibility index (Phi) is 13.2. The summed E-state index contributed by atoms with van der Waals surface area (Å²) in [6.07, 6.45) is 1.42. The molecule has 0 heterocycles. The summed E-state index contributed by atoms with van der Waals surface area (Å²) >= 11 is 3.96. The molecular formula is C27H37N5O7S. The SMILES string of the molecule is NCCCCC(NC(=O)C(Cc1ccc(O)cc1)NC(=O)C(N)Cc1ccc(O)cc1)C(=O)NC(CS)C(=O)O. The first-order valence-corrected chi connectivity index (χ1v) is 13.4. The number of carbonyl (C=O) groups is 4. The van der Waals surface area contributed by atoms with E-state index in [1.807, 2.05) is 0 Å². The summed E-state index contributed by atoms with van der Waals surface area (Å²) in [5.74, 6) is -3.31. The van der Waals surface area contributed by atoms with E-state index >= 15 is 0 Å². The lowest BCUT2D eigenvalue weighted by atomic mass is 10.0. The van der Waals surface area contributed by atoms with Crippen molar-refractivity contribution >= 4 is 36.3 Å². The number of unbranched alkanes of at least 4 members (excludes halogenated alkanes) is 1. The van der Waals surface area contributed by atoms with Crippen LogP contribution in [0.4, 0.5) is 0 Å². The normalized spacial score (nSPS) is 13.9. The Balaban J connectivity index is 2.22. The van der Waals surface area contributed by atoms with E-state index in [1.54, 1.807) is 24.3 Å². The highest BCUT2D eigenvalue weighted by molar-refractivity contribution is 7.80. The monoisotopic (exact) mass is 575 g/mol. The number of hydrogen-bond acceptors (Lipinski definition) is 9. The first-order chi connectivity index (χ1) is 19.0. The Morgan fingerprint density at radius 1 is 0.725 bits per heavy atom. The minimum absolute atomic E-state index is 0.0231. The fourth-order valence-corrected chi connectivity index (χ4v) is 4.07. The second kappa shape index (κ2) is 16.3. The number of phenols is 2. The number of carboxylic acids is 1. The topological polar surface area (TPSA) is 217 Å². The van der Waals surface area contributed by atoms with Crippen LogP contribution in [0.5, 0.6) is 11.5 Å². The van der Waals surface area contributed by atoms with Crippen molar-refractivity contribution in [3.05, 3.63) is 59.7 Å². The number of nitrogens with two attached hydrogens (primary N) is 2. The van der Waals surface area contributed by atoms with Crippen molar-refractivity contribution in [3.63, 3.8) is 0 Å². The zero-order valence-corrected chi connectivity index (χ0v) is 22.8. The third-order valence-electron chi connectivity index (χ3n) is 6.11. The van der Waals surface area contributed by atoms with Crippen LogP contribution in [0.1, 0.15) is 30.4 Å². The van der Waals surface area contributed by atoms with Crippen molar-refractivity contribution in [3.8, 4) is 11.5 Å². The van der Waals surface area contributed by atoms with Crippen molar-refractivity contribution in [1.29, 1.82) is 0 Å². The standard InChI is InChI=1S/C27H37N5O7S/c28-12-2-1-3-21(25(36)32-23(15-40)27(38)39)30-26(37)22(14-17-6-10-19(34)11-7-17)31-24(35)20(29)13-16-4-8-18(33)9-5-16/h4-11,20-23,33-34,40H,1-3,12-15,28-29H2,(H,30,37)(H,31,35)(H,32,36)(H,38,39). The van der Waals surface area contributed by atoms with Crippen molar-refractivity contribution in [1.82, 2.24) is 16.0 Å². The highest BCUT2D eigenvalue weighted by Gasteiger charge is 2.30. The van der Waals surface area contributed by atoms with Crippen LogP contribution in [0.25, 0.3) is 0 Å².